The highest BCUT2D eigenvalue weighted by molar-refractivity contribution is 5.91. The standard InChI is InChI=1S/C28H31N3O8/c1-15-8-24(33)38-26-18-6-7-28(2,3)39-21(18)10-22(25(15)26)37-14-23(32)29-11-16-9-17(13-29)19-4-5-20(31(35)36)27(34)30(19)12-16/h4-5,8,10,16-17,31,35H,6-7,9,11-14H2,1-3H3. The van der Waals surface area contributed by atoms with Crippen LogP contribution < -0.4 is 25.9 Å². The van der Waals surface area contributed by atoms with Crippen LogP contribution in [0.15, 0.2) is 38.3 Å². The van der Waals surface area contributed by atoms with Gasteiger partial charge in [-0.25, -0.2) is 10.0 Å². The van der Waals surface area contributed by atoms with Crippen molar-refractivity contribution in [2.24, 2.45) is 5.92 Å². The van der Waals surface area contributed by atoms with Crippen LogP contribution in [0.3, 0.4) is 0 Å². The van der Waals surface area contributed by atoms with E-state index in [9.17, 15) is 24.8 Å². The van der Waals surface area contributed by atoms with E-state index in [-0.39, 0.29) is 35.6 Å². The zero-order valence-electron chi connectivity index (χ0n) is 22.1. The fourth-order valence-electron chi connectivity index (χ4n) is 6.28. The molecule has 1 saturated heterocycles. The third kappa shape index (κ3) is 4.50. The molecule has 3 aromatic rings. The van der Waals surface area contributed by atoms with Crippen LogP contribution in [0.5, 0.6) is 11.5 Å². The summed E-state index contributed by atoms with van der Waals surface area (Å²) in [6.45, 7) is 6.85. The lowest BCUT2D eigenvalue weighted by Crippen LogP contribution is -3.00. The molecule has 2 N–H and O–H groups in total. The minimum atomic E-state index is -1.24. The average Bonchev–Trinajstić information content (AvgIpc) is 2.86. The maximum atomic E-state index is 13.3. The summed E-state index contributed by atoms with van der Waals surface area (Å²) in [6.07, 6.45) is 2.30. The number of hydrogen-bond donors (Lipinski definition) is 2. The van der Waals surface area contributed by atoms with Gasteiger partial charge in [-0.2, -0.15) is 5.23 Å². The van der Waals surface area contributed by atoms with Crippen molar-refractivity contribution < 1.29 is 29.1 Å². The number of aryl methyl sites for hydroxylation is 2. The van der Waals surface area contributed by atoms with Crippen LogP contribution in [0.2, 0.25) is 0 Å². The monoisotopic (exact) mass is 537 g/mol. The van der Waals surface area contributed by atoms with Gasteiger partial charge in [0.2, 0.25) is 5.69 Å². The molecule has 0 saturated carbocycles. The summed E-state index contributed by atoms with van der Waals surface area (Å²) >= 11 is 0. The zero-order chi connectivity index (χ0) is 27.6. The van der Waals surface area contributed by atoms with E-state index in [2.05, 4.69) is 0 Å². The van der Waals surface area contributed by atoms with Gasteiger partial charge in [0.15, 0.2) is 6.61 Å². The predicted molar refractivity (Wildman–Crippen MR) is 140 cm³/mol. The van der Waals surface area contributed by atoms with Gasteiger partial charge < -0.3 is 28.6 Å². The van der Waals surface area contributed by atoms with Gasteiger partial charge in [-0.15, -0.1) is 0 Å². The Morgan fingerprint density at radius 3 is 2.79 bits per heavy atom. The number of amides is 1. The third-order valence-corrected chi connectivity index (χ3v) is 8.14. The minimum Gasteiger partial charge on any atom is -0.595 e. The molecule has 1 aromatic carbocycles. The predicted octanol–water partition coefficient (Wildman–Crippen LogP) is 1.79. The van der Waals surface area contributed by atoms with Crippen molar-refractivity contribution in [3.8, 4) is 11.5 Å². The summed E-state index contributed by atoms with van der Waals surface area (Å²) in [5.41, 5.74) is 1.15. The van der Waals surface area contributed by atoms with Gasteiger partial charge in [0, 0.05) is 55.0 Å². The number of benzene rings is 1. The Kier molecular flexibility index (Phi) is 6.05. The number of hydrogen-bond acceptors (Lipinski definition) is 8. The molecule has 11 nitrogen and oxygen atoms in total. The van der Waals surface area contributed by atoms with Crippen LogP contribution in [0.4, 0.5) is 5.69 Å². The van der Waals surface area contributed by atoms with Crippen molar-refractivity contribution in [2.45, 2.75) is 58.1 Å². The summed E-state index contributed by atoms with van der Waals surface area (Å²) in [7, 11) is 0. The maximum absolute atomic E-state index is 13.3. The number of carbonyl (C=O) groups excluding carboxylic acids is 1. The fourth-order valence-corrected chi connectivity index (χ4v) is 6.28. The lowest BCUT2D eigenvalue weighted by atomic mass is 9.83. The van der Waals surface area contributed by atoms with Crippen LogP contribution in [-0.2, 0) is 17.8 Å². The fraction of sp³-hybridized carbons (Fsp3) is 0.464. The first kappa shape index (κ1) is 25.6. The number of nitrogens with one attached hydrogen (secondary N) is 1. The SMILES string of the molecule is Cc1cc(=O)oc2c3c(cc(OCC(=O)N4CC5CC(C4)c4ccc([NH+]([O-])O)c(=O)n4C5)c12)OC(C)(C)CC3. The lowest BCUT2D eigenvalue weighted by Gasteiger charge is -2.42. The second-order valence-corrected chi connectivity index (χ2v) is 11.4. The van der Waals surface area contributed by atoms with E-state index in [1.54, 1.807) is 21.6 Å². The van der Waals surface area contributed by atoms with Crippen molar-refractivity contribution in [3.05, 3.63) is 67.1 Å². The van der Waals surface area contributed by atoms with Crippen molar-refractivity contribution >= 4 is 22.6 Å². The average molecular weight is 538 g/mol. The Labute approximate surface area is 223 Å². The molecule has 1 amide bonds. The van der Waals surface area contributed by atoms with Crippen molar-refractivity contribution in [2.75, 3.05) is 19.7 Å². The molecule has 2 bridgehead atoms. The summed E-state index contributed by atoms with van der Waals surface area (Å²) in [5.74, 6) is 0.800. The highest BCUT2D eigenvalue weighted by Gasteiger charge is 2.37. The van der Waals surface area contributed by atoms with Gasteiger partial charge in [-0.3, -0.25) is 9.59 Å². The number of pyridine rings is 1. The molecule has 5 heterocycles. The molecule has 11 heteroatoms. The largest absolute Gasteiger partial charge is 0.595 e. The Balaban J connectivity index is 1.25. The summed E-state index contributed by atoms with van der Waals surface area (Å²) in [5, 5.41) is 20.1. The highest BCUT2D eigenvalue weighted by atomic mass is 16.8. The van der Waals surface area contributed by atoms with E-state index in [4.69, 9.17) is 13.9 Å². The molecule has 3 atom stereocenters. The van der Waals surface area contributed by atoms with Crippen LogP contribution in [0, 0.1) is 18.0 Å². The summed E-state index contributed by atoms with van der Waals surface area (Å²) < 4.78 is 19.4. The number of likely N-dealkylation sites (tertiary alicyclic amines) is 1. The summed E-state index contributed by atoms with van der Waals surface area (Å²) in [6, 6.07) is 6.24. The number of rotatable bonds is 4. The number of nitrogens with zero attached hydrogens (tertiary/aromatic N) is 2. The number of carbonyl (C=O) groups is 1. The first-order valence-electron chi connectivity index (χ1n) is 13.2. The molecule has 39 heavy (non-hydrogen) atoms. The van der Waals surface area contributed by atoms with Crippen LogP contribution in [-0.4, -0.2) is 45.9 Å². The van der Waals surface area contributed by atoms with Crippen molar-refractivity contribution in [1.82, 2.24) is 9.47 Å². The van der Waals surface area contributed by atoms with E-state index in [1.165, 1.54) is 12.1 Å². The number of fused-ring (bicyclic) bond motifs is 7. The highest BCUT2D eigenvalue weighted by Crippen LogP contribution is 2.43. The number of piperidine rings is 1. The molecule has 2 aromatic heterocycles. The Bertz CT molecular complexity index is 1610. The van der Waals surface area contributed by atoms with Crippen molar-refractivity contribution in [1.29, 1.82) is 0 Å². The molecular weight excluding hydrogens is 506 g/mol. The molecule has 6 rings (SSSR count). The van der Waals surface area contributed by atoms with Gasteiger partial charge in [-0.05, 0) is 57.6 Å². The first-order chi connectivity index (χ1) is 18.5. The van der Waals surface area contributed by atoms with Gasteiger partial charge in [-0.1, -0.05) is 0 Å². The zero-order valence-corrected chi connectivity index (χ0v) is 22.1. The van der Waals surface area contributed by atoms with Crippen LogP contribution >= 0.6 is 0 Å². The quantitative estimate of drug-likeness (QED) is 0.380. The first-order valence-corrected chi connectivity index (χ1v) is 13.2. The second kappa shape index (κ2) is 9.22. The number of quaternary nitrogens is 1. The van der Waals surface area contributed by atoms with Gasteiger partial charge in [0.05, 0.1) is 5.39 Å². The molecule has 1 fully saturated rings. The smallest absolute Gasteiger partial charge is 0.336 e. The minimum absolute atomic E-state index is 0.0404. The second-order valence-electron chi connectivity index (χ2n) is 11.4. The van der Waals surface area contributed by atoms with E-state index < -0.39 is 16.4 Å². The van der Waals surface area contributed by atoms with E-state index in [0.717, 1.165) is 24.1 Å². The van der Waals surface area contributed by atoms with Gasteiger partial charge in [0.1, 0.15) is 22.7 Å². The Morgan fingerprint density at radius 2 is 2.03 bits per heavy atom. The van der Waals surface area contributed by atoms with Gasteiger partial charge >= 0.3 is 11.2 Å². The molecule has 0 aliphatic carbocycles. The Hall–Kier alpha value is -3.67. The van der Waals surface area contributed by atoms with Crippen LogP contribution in [0.25, 0.3) is 11.0 Å². The summed E-state index contributed by atoms with van der Waals surface area (Å²) in [4.78, 5) is 40.0. The molecular formula is C28H31N3O8. The topological polar surface area (TPSA) is 139 Å². The van der Waals surface area contributed by atoms with Gasteiger partial charge in [0.25, 0.3) is 5.91 Å². The number of aromatic nitrogens is 1. The van der Waals surface area contributed by atoms with E-state index >= 15 is 0 Å². The molecule has 3 aliphatic heterocycles. The van der Waals surface area contributed by atoms with Crippen molar-refractivity contribution in [3.63, 3.8) is 0 Å². The molecule has 206 valence electrons. The molecule has 3 aliphatic rings. The normalized spacial score (nSPS) is 22.0. The maximum Gasteiger partial charge on any atom is 0.336 e. The molecule has 3 unspecified atom stereocenters. The third-order valence-electron chi connectivity index (χ3n) is 8.14. The van der Waals surface area contributed by atoms with E-state index in [0.29, 0.717) is 54.1 Å². The molecule has 0 radical (unpaired) electrons. The van der Waals surface area contributed by atoms with E-state index in [1.807, 2.05) is 20.8 Å². The molecule has 0 spiro atoms. The Morgan fingerprint density at radius 1 is 1.23 bits per heavy atom. The lowest BCUT2D eigenvalue weighted by molar-refractivity contribution is -0.992. The number of ether oxygens (including phenoxy) is 2. The van der Waals surface area contributed by atoms with Crippen LogP contribution in [0.1, 0.15) is 49.4 Å².